The van der Waals surface area contributed by atoms with Gasteiger partial charge in [0.1, 0.15) is 11.6 Å². The van der Waals surface area contributed by atoms with Crippen molar-refractivity contribution in [1.82, 2.24) is 0 Å². The normalized spacial score (nSPS) is 10.9. The van der Waals surface area contributed by atoms with Gasteiger partial charge in [0.15, 0.2) is 0 Å². The van der Waals surface area contributed by atoms with Crippen molar-refractivity contribution in [2.75, 3.05) is 0 Å². The second-order valence-electron chi connectivity index (χ2n) is 2.00. The maximum atomic E-state index is 12.8. The van der Waals surface area contributed by atoms with E-state index in [2.05, 4.69) is 5.16 Å². The molecule has 0 fully saturated rings. The highest BCUT2D eigenvalue weighted by Gasteiger charge is 2.09. The maximum absolute atomic E-state index is 12.8. The Hall–Kier alpha value is -1.16. The summed E-state index contributed by atoms with van der Waals surface area (Å²) in [5.74, 6) is -1.49. The fourth-order valence-electron chi connectivity index (χ4n) is 0.719. The largest absolute Gasteiger partial charge is 0.411 e. The molecule has 0 aliphatic carbocycles. The summed E-state index contributed by atoms with van der Waals surface area (Å²) < 4.78 is 25.4. The quantitative estimate of drug-likeness (QED) is 0.314. The van der Waals surface area contributed by atoms with Crippen LogP contribution in [0.3, 0.4) is 0 Å². The van der Waals surface area contributed by atoms with Crippen LogP contribution >= 0.6 is 11.6 Å². The molecule has 0 heterocycles. The van der Waals surface area contributed by atoms with Crippen LogP contribution in [-0.4, -0.2) is 11.4 Å². The number of halogens is 3. The number of nitrogens with zero attached hydrogens (tertiary/aromatic N) is 1. The molecular formula is C7H4ClF2NO. The minimum Gasteiger partial charge on any atom is -0.411 e. The second-order valence-corrected chi connectivity index (χ2v) is 2.38. The molecule has 1 aromatic rings. The highest BCUT2D eigenvalue weighted by atomic mass is 35.5. The van der Waals surface area contributed by atoms with E-state index in [1.807, 2.05) is 0 Å². The Balaban J connectivity index is 3.32. The molecule has 0 bridgehead atoms. The van der Waals surface area contributed by atoms with Gasteiger partial charge in [-0.3, -0.25) is 0 Å². The lowest BCUT2D eigenvalue weighted by molar-refractivity contribution is 0.321. The third kappa shape index (κ3) is 1.53. The number of rotatable bonds is 1. The van der Waals surface area contributed by atoms with Gasteiger partial charge in [0, 0.05) is 0 Å². The van der Waals surface area contributed by atoms with Crippen molar-refractivity contribution in [2.45, 2.75) is 0 Å². The van der Waals surface area contributed by atoms with Gasteiger partial charge in [-0.15, -0.1) is 0 Å². The van der Waals surface area contributed by atoms with Crippen molar-refractivity contribution >= 4 is 17.8 Å². The zero-order chi connectivity index (χ0) is 9.14. The van der Waals surface area contributed by atoms with E-state index in [0.29, 0.717) is 0 Å². The van der Waals surface area contributed by atoms with E-state index < -0.39 is 16.7 Å². The average molecular weight is 192 g/mol. The first-order valence-electron chi connectivity index (χ1n) is 2.97. The summed E-state index contributed by atoms with van der Waals surface area (Å²) in [5.41, 5.74) is -0.265. The molecular weight excluding hydrogens is 188 g/mol. The van der Waals surface area contributed by atoms with Gasteiger partial charge >= 0.3 is 0 Å². The number of oxime groups is 1. The highest BCUT2D eigenvalue weighted by molar-refractivity contribution is 6.33. The zero-order valence-electron chi connectivity index (χ0n) is 5.76. The van der Waals surface area contributed by atoms with Gasteiger partial charge in [-0.25, -0.2) is 8.78 Å². The average Bonchev–Trinajstić information content (AvgIpc) is 2.06. The van der Waals surface area contributed by atoms with Gasteiger partial charge < -0.3 is 5.21 Å². The summed E-state index contributed by atoms with van der Waals surface area (Å²) >= 11 is 5.36. The smallest absolute Gasteiger partial charge is 0.142 e. The zero-order valence-corrected chi connectivity index (χ0v) is 6.52. The summed E-state index contributed by atoms with van der Waals surface area (Å²) in [4.78, 5) is 0. The van der Waals surface area contributed by atoms with Crippen LogP contribution in [0.5, 0.6) is 0 Å². The Bertz CT molecular complexity index is 327. The molecule has 0 radical (unpaired) electrons. The first kappa shape index (κ1) is 8.93. The van der Waals surface area contributed by atoms with E-state index in [9.17, 15) is 8.78 Å². The Morgan fingerprint density at radius 1 is 1.33 bits per heavy atom. The van der Waals surface area contributed by atoms with Crippen LogP contribution in [0, 0.1) is 11.6 Å². The van der Waals surface area contributed by atoms with Gasteiger partial charge in [-0.05, 0) is 12.1 Å². The summed E-state index contributed by atoms with van der Waals surface area (Å²) in [5, 5.41) is 10.2. The van der Waals surface area contributed by atoms with Crippen molar-refractivity contribution in [3.05, 3.63) is 34.4 Å². The first-order chi connectivity index (χ1) is 5.66. The van der Waals surface area contributed by atoms with Gasteiger partial charge in [-0.1, -0.05) is 16.8 Å². The molecule has 0 aliphatic heterocycles. The first-order valence-corrected chi connectivity index (χ1v) is 3.35. The van der Waals surface area contributed by atoms with Crippen LogP contribution < -0.4 is 0 Å². The molecule has 1 aromatic carbocycles. The lowest BCUT2D eigenvalue weighted by Crippen LogP contribution is -1.92. The molecule has 2 nitrogen and oxygen atoms in total. The molecule has 0 saturated heterocycles. The molecule has 0 amide bonds. The third-order valence-corrected chi connectivity index (χ3v) is 1.65. The molecule has 0 spiro atoms. The molecule has 0 atom stereocenters. The number of benzene rings is 1. The summed E-state index contributed by atoms with van der Waals surface area (Å²) in [6, 6.07) is 1.80. The van der Waals surface area contributed by atoms with Crippen molar-refractivity contribution in [1.29, 1.82) is 0 Å². The predicted molar refractivity (Wildman–Crippen MR) is 40.7 cm³/mol. The third-order valence-electron chi connectivity index (χ3n) is 1.27. The molecule has 1 rings (SSSR count). The van der Waals surface area contributed by atoms with Crippen LogP contribution in [0.4, 0.5) is 8.78 Å². The van der Waals surface area contributed by atoms with Crippen molar-refractivity contribution < 1.29 is 14.0 Å². The Morgan fingerprint density at radius 3 is 2.50 bits per heavy atom. The maximum Gasteiger partial charge on any atom is 0.142 e. The lowest BCUT2D eigenvalue weighted by atomic mass is 10.2. The fraction of sp³-hybridized carbons (Fsp3) is 0. The van der Waals surface area contributed by atoms with Crippen LogP contribution in [0.2, 0.25) is 5.02 Å². The van der Waals surface area contributed by atoms with Crippen molar-refractivity contribution in [3.63, 3.8) is 0 Å². The van der Waals surface area contributed by atoms with Crippen LogP contribution in [-0.2, 0) is 0 Å². The van der Waals surface area contributed by atoms with E-state index in [1.165, 1.54) is 0 Å². The summed E-state index contributed by atoms with van der Waals surface area (Å²) in [7, 11) is 0. The number of hydrogen-bond donors (Lipinski definition) is 1. The monoisotopic (exact) mass is 191 g/mol. The van der Waals surface area contributed by atoms with E-state index in [1.54, 1.807) is 0 Å². The van der Waals surface area contributed by atoms with Crippen molar-refractivity contribution in [3.8, 4) is 0 Å². The van der Waals surface area contributed by atoms with E-state index in [0.717, 1.165) is 18.3 Å². The lowest BCUT2D eigenvalue weighted by Gasteiger charge is -1.99. The second kappa shape index (κ2) is 3.49. The van der Waals surface area contributed by atoms with Gasteiger partial charge in [0.2, 0.25) is 0 Å². The number of hydrogen-bond acceptors (Lipinski definition) is 2. The Kier molecular flexibility index (Phi) is 2.60. The Morgan fingerprint density at radius 2 is 1.92 bits per heavy atom. The van der Waals surface area contributed by atoms with Gasteiger partial charge in [0.25, 0.3) is 0 Å². The molecule has 64 valence electrons. The molecule has 0 aliphatic rings. The van der Waals surface area contributed by atoms with Crippen molar-refractivity contribution in [2.24, 2.45) is 5.16 Å². The molecule has 1 N–H and O–H groups in total. The topological polar surface area (TPSA) is 32.6 Å². The van der Waals surface area contributed by atoms with Gasteiger partial charge in [0.05, 0.1) is 16.8 Å². The standard InChI is InChI=1S/C7H4ClF2NO/c8-7-4(3-11-12)5(9)1-2-6(7)10/h1-3,12H/b11-3+. The fourth-order valence-corrected chi connectivity index (χ4v) is 0.921. The van der Waals surface area contributed by atoms with Gasteiger partial charge in [-0.2, -0.15) is 0 Å². The summed E-state index contributed by atoms with van der Waals surface area (Å²) in [6.07, 6.45) is 0.737. The van der Waals surface area contributed by atoms with E-state index >= 15 is 0 Å². The molecule has 5 heteroatoms. The van der Waals surface area contributed by atoms with E-state index in [4.69, 9.17) is 16.8 Å². The minimum absolute atomic E-state index is 0.265. The molecule has 0 unspecified atom stereocenters. The van der Waals surface area contributed by atoms with Crippen LogP contribution in [0.15, 0.2) is 17.3 Å². The Labute approximate surface area is 72.1 Å². The SMILES string of the molecule is O/N=C/c1c(F)ccc(F)c1Cl. The van der Waals surface area contributed by atoms with Crippen LogP contribution in [0.25, 0.3) is 0 Å². The molecule has 12 heavy (non-hydrogen) atoms. The summed E-state index contributed by atoms with van der Waals surface area (Å²) in [6.45, 7) is 0. The predicted octanol–water partition coefficient (Wildman–Crippen LogP) is 2.43. The molecule has 0 saturated carbocycles. The van der Waals surface area contributed by atoms with E-state index in [-0.39, 0.29) is 5.56 Å². The molecule has 0 aromatic heterocycles. The van der Waals surface area contributed by atoms with Crippen LogP contribution in [0.1, 0.15) is 5.56 Å². The highest BCUT2D eigenvalue weighted by Crippen LogP contribution is 2.20. The minimum atomic E-state index is -0.757.